The predicted octanol–water partition coefficient (Wildman–Crippen LogP) is 3.16. The van der Waals surface area contributed by atoms with Gasteiger partial charge < -0.3 is 11.1 Å². The molecule has 0 atom stereocenters. The number of nitrogens with zero attached hydrogens (tertiary/aromatic N) is 1. The van der Waals surface area contributed by atoms with Crippen molar-refractivity contribution in [1.82, 2.24) is 4.98 Å². The first-order chi connectivity index (χ1) is 8.60. The normalized spacial score (nSPS) is 10.4. The van der Waals surface area contributed by atoms with Crippen molar-refractivity contribution in [3.05, 3.63) is 44.3 Å². The maximum absolute atomic E-state index is 11.9. The van der Waals surface area contributed by atoms with Gasteiger partial charge in [0.15, 0.2) is 0 Å². The van der Waals surface area contributed by atoms with E-state index in [1.165, 1.54) is 11.3 Å². The highest BCUT2D eigenvalue weighted by Crippen LogP contribution is 2.26. The number of carbonyl (C=O) groups is 1. The lowest BCUT2D eigenvalue weighted by Crippen LogP contribution is -2.13. The van der Waals surface area contributed by atoms with E-state index in [9.17, 15) is 4.79 Å². The Balaban J connectivity index is 2.18. The molecule has 0 aliphatic heterocycles. The number of thiazole rings is 1. The smallest absolute Gasteiger partial charge is 0.275 e. The standard InChI is InChI=1S/C11H9Cl2N3OS/c12-6-1-2-7(13)8(3-6)16-11(17)9-5-18-10(4-14)15-9/h1-3,5H,4,14H2,(H,16,17). The third-order valence-corrected chi connectivity index (χ3v) is 3.57. The van der Waals surface area contributed by atoms with Crippen LogP contribution in [0.5, 0.6) is 0 Å². The molecule has 94 valence electrons. The first kappa shape index (κ1) is 13.3. The zero-order chi connectivity index (χ0) is 13.1. The summed E-state index contributed by atoms with van der Waals surface area (Å²) in [5.41, 5.74) is 6.21. The van der Waals surface area contributed by atoms with Gasteiger partial charge in [-0.3, -0.25) is 4.79 Å². The fourth-order valence-electron chi connectivity index (χ4n) is 1.29. The van der Waals surface area contributed by atoms with Gasteiger partial charge in [-0.1, -0.05) is 23.2 Å². The summed E-state index contributed by atoms with van der Waals surface area (Å²) in [5.74, 6) is -0.338. The number of benzene rings is 1. The van der Waals surface area contributed by atoms with Gasteiger partial charge in [-0.15, -0.1) is 11.3 Å². The molecule has 0 bridgehead atoms. The fraction of sp³-hybridized carbons (Fsp3) is 0.0909. The summed E-state index contributed by atoms with van der Waals surface area (Å²) in [6.45, 7) is 0.315. The zero-order valence-corrected chi connectivity index (χ0v) is 11.4. The zero-order valence-electron chi connectivity index (χ0n) is 9.11. The molecule has 0 aliphatic rings. The highest BCUT2D eigenvalue weighted by molar-refractivity contribution is 7.09. The van der Waals surface area contributed by atoms with Crippen LogP contribution in [0.15, 0.2) is 23.6 Å². The average molecular weight is 302 g/mol. The van der Waals surface area contributed by atoms with Gasteiger partial charge in [-0.25, -0.2) is 4.98 Å². The molecule has 0 fully saturated rings. The number of rotatable bonds is 3. The van der Waals surface area contributed by atoms with E-state index in [0.717, 1.165) is 0 Å². The van der Waals surface area contributed by atoms with Crippen LogP contribution in [0.4, 0.5) is 5.69 Å². The monoisotopic (exact) mass is 301 g/mol. The lowest BCUT2D eigenvalue weighted by Gasteiger charge is -2.05. The van der Waals surface area contributed by atoms with Crippen LogP contribution in [0.1, 0.15) is 15.5 Å². The maximum atomic E-state index is 11.9. The van der Waals surface area contributed by atoms with E-state index in [1.807, 2.05) is 0 Å². The number of nitrogens with two attached hydrogens (primary N) is 1. The Hall–Kier alpha value is -1.14. The fourth-order valence-corrected chi connectivity index (χ4v) is 2.28. The number of aromatic nitrogens is 1. The van der Waals surface area contributed by atoms with Crippen LogP contribution in [0.25, 0.3) is 0 Å². The molecule has 1 aromatic heterocycles. The van der Waals surface area contributed by atoms with Gasteiger partial charge in [0.05, 0.1) is 10.7 Å². The lowest BCUT2D eigenvalue weighted by molar-refractivity contribution is 0.102. The molecule has 0 unspecified atom stereocenters. The summed E-state index contributed by atoms with van der Waals surface area (Å²) in [6.07, 6.45) is 0. The molecule has 0 saturated heterocycles. The molecule has 0 saturated carbocycles. The van der Waals surface area contributed by atoms with Crippen LogP contribution in [0.2, 0.25) is 10.0 Å². The number of amides is 1. The van der Waals surface area contributed by atoms with E-state index in [1.54, 1.807) is 23.6 Å². The summed E-state index contributed by atoms with van der Waals surface area (Å²) in [6, 6.07) is 4.85. The lowest BCUT2D eigenvalue weighted by atomic mass is 10.3. The van der Waals surface area contributed by atoms with Crippen LogP contribution >= 0.6 is 34.5 Å². The molecule has 2 aromatic rings. The number of halogens is 2. The van der Waals surface area contributed by atoms with Crippen molar-refractivity contribution in [3.63, 3.8) is 0 Å². The molecule has 1 amide bonds. The Morgan fingerprint density at radius 1 is 1.44 bits per heavy atom. The quantitative estimate of drug-likeness (QED) is 0.915. The van der Waals surface area contributed by atoms with Crippen LogP contribution in [0.3, 0.4) is 0 Å². The Labute approximate surface area is 118 Å². The molecule has 2 rings (SSSR count). The molecule has 7 heteroatoms. The second-order valence-corrected chi connectivity index (χ2v) is 5.20. The minimum atomic E-state index is -0.338. The molecule has 1 heterocycles. The van der Waals surface area contributed by atoms with E-state index < -0.39 is 0 Å². The summed E-state index contributed by atoms with van der Waals surface area (Å²) in [7, 11) is 0. The molecule has 18 heavy (non-hydrogen) atoms. The molecule has 0 radical (unpaired) electrons. The van der Waals surface area contributed by atoms with E-state index in [2.05, 4.69) is 10.3 Å². The number of hydrogen-bond donors (Lipinski definition) is 2. The van der Waals surface area contributed by atoms with Crippen molar-refractivity contribution < 1.29 is 4.79 Å². The molecular weight excluding hydrogens is 293 g/mol. The molecule has 0 aliphatic carbocycles. The largest absolute Gasteiger partial charge is 0.325 e. The highest BCUT2D eigenvalue weighted by atomic mass is 35.5. The number of anilines is 1. The highest BCUT2D eigenvalue weighted by Gasteiger charge is 2.12. The second kappa shape index (κ2) is 5.67. The number of carbonyl (C=O) groups excluding carboxylic acids is 1. The van der Waals surface area contributed by atoms with Crippen molar-refractivity contribution in [2.75, 3.05) is 5.32 Å². The number of hydrogen-bond acceptors (Lipinski definition) is 4. The average Bonchev–Trinajstić information content (AvgIpc) is 2.82. The molecule has 4 nitrogen and oxygen atoms in total. The Morgan fingerprint density at radius 3 is 2.89 bits per heavy atom. The van der Waals surface area contributed by atoms with E-state index in [-0.39, 0.29) is 5.91 Å². The molecule has 3 N–H and O–H groups in total. The van der Waals surface area contributed by atoms with Crippen LogP contribution < -0.4 is 11.1 Å². The third-order valence-electron chi connectivity index (χ3n) is 2.14. The molecule has 0 spiro atoms. The van der Waals surface area contributed by atoms with Crippen molar-refractivity contribution in [1.29, 1.82) is 0 Å². The maximum Gasteiger partial charge on any atom is 0.275 e. The Kier molecular flexibility index (Phi) is 4.19. The third kappa shape index (κ3) is 3.00. The van der Waals surface area contributed by atoms with Gasteiger partial charge >= 0.3 is 0 Å². The summed E-state index contributed by atoms with van der Waals surface area (Å²) >= 11 is 13.1. The predicted molar refractivity (Wildman–Crippen MR) is 74.4 cm³/mol. The first-order valence-corrected chi connectivity index (χ1v) is 6.64. The second-order valence-electron chi connectivity index (χ2n) is 3.41. The SMILES string of the molecule is NCc1nc(C(=O)Nc2cc(Cl)ccc2Cl)cs1. The van der Waals surface area contributed by atoms with E-state index in [4.69, 9.17) is 28.9 Å². The molecular formula is C11H9Cl2N3OS. The topological polar surface area (TPSA) is 68.0 Å². The summed E-state index contributed by atoms with van der Waals surface area (Å²) < 4.78 is 0. The van der Waals surface area contributed by atoms with Crippen molar-refractivity contribution in [2.45, 2.75) is 6.54 Å². The van der Waals surface area contributed by atoms with Crippen LogP contribution in [0, 0.1) is 0 Å². The van der Waals surface area contributed by atoms with Crippen molar-refractivity contribution >= 4 is 46.1 Å². The number of nitrogens with one attached hydrogen (secondary N) is 1. The van der Waals surface area contributed by atoms with Gasteiger partial charge in [-0.2, -0.15) is 0 Å². The van der Waals surface area contributed by atoms with Gasteiger partial charge in [0.1, 0.15) is 10.7 Å². The van der Waals surface area contributed by atoms with E-state index in [0.29, 0.717) is 33.0 Å². The van der Waals surface area contributed by atoms with Gasteiger partial charge in [0.2, 0.25) is 0 Å². The Morgan fingerprint density at radius 2 is 2.22 bits per heavy atom. The summed E-state index contributed by atoms with van der Waals surface area (Å²) in [5, 5.41) is 5.92. The van der Waals surface area contributed by atoms with E-state index >= 15 is 0 Å². The summed E-state index contributed by atoms with van der Waals surface area (Å²) in [4.78, 5) is 16.0. The van der Waals surface area contributed by atoms with Gasteiger partial charge in [0.25, 0.3) is 5.91 Å². The van der Waals surface area contributed by atoms with Crippen molar-refractivity contribution in [3.8, 4) is 0 Å². The van der Waals surface area contributed by atoms with Crippen LogP contribution in [-0.4, -0.2) is 10.9 Å². The van der Waals surface area contributed by atoms with Gasteiger partial charge in [0, 0.05) is 16.9 Å². The Bertz CT molecular complexity index is 585. The van der Waals surface area contributed by atoms with Crippen LogP contribution in [-0.2, 0) is 6.54 Å². The first-order valence-electron chi connectivity index (χ1n) is 5.01. The van der Waals surface area contributed by atoms with Gasteiger partial charge in [-0.05, 0) is 18.2 Å². The molecule has 1 aromatic carbocycles. The van der Waals surface area contributed by atoms with Crippen molar-refractivity contribution in [2.24, 2.45) is 5.73 Å². The minimum Gasteiger partial charge on any atom is -0.325 e. The minimum absolute atomic E-state index is 0.315.